The summed E-state index contributed by atoms with van der Waals surface area (Å²) in [4.78, 5) is 18.8. The average molecular weight is 386 g/mol. The van der Waals surface area contributed by atoms with Crippen LogP contribution in [0, 0.1) is 0 Å². The van der Waals surface area contributed by atoms with Crippen molar-refractivity contribution in [2.45, 2.75) is 45.5 Å². The zero-order chi connectivity index (χ0) is 19.3. The number of nitrogens with zero attached hydrogens (tertiary/aromatic N) is 3. The highest BCUT2D eigenvalue weighted by atomic mass is 35.5. The van der Waals surface area contributed by atoms with E-state index >= 15 is 0 Å². The Balaban J connectivity index is 1.88. The van der Waals surface area contributed by atoms with Gasteiger partial charge in [0.15, 0.2) is 0 Å². The molecule has 1 aromatic heterocycles. The van der Waals surface area contributed by atoms with Crippen LogP contribution in [-0.4, -0.2) is 26.9 Å². The van der Waals surface area contributed by atoms with E-state index in [1.54, 1.807) is 0 Å². The zero-order valence-corrected chi connectivity index (χ0v) is 15.4. The van der Waals surface area contributed by atoms with Gasteiger partial charge in [0.05, 0.1) is 28.4 Å². The van der Waals surface area contributed by atoms with Gasteiger partial charge in [-0.3, -0.25) is 4.79 Å². The fourth-order valence-electron chi connectivity index (χ4n) is 2.87. The maximum absolute atomic E-state index is 13.0. The molecule has 0 saturated heterocycles. The summed E-state index contributed by atoms with van der Waals surface area (Å²) in [6.07, 6.45) is -2.64. The van der Waals surface area contributed by atoms with E-state index in [2.05, 4.69) is 4.98 Å². The van der Waals surface area contributed by atoms with Crippen LogP contribution in [0.4, 0.5) is 13.2 Å². The predicted octanol–water partition coefficient (Wildman–Crippen LogP) is 4.51. The van der Waals surface area contributed by atoms with Crippen molar-refractivity contribution in [2.75, 3.05) is 6.54 Å². The van der Waals surface area contributed by atoms with Crippen LogP contribution in [0.25, 0.3) is 0 Å². The van der Waals surface area contributed by atoms with Gasteiger partial charge in [-0.15, -0.1) is 0 Å². The Bertz CT molecular complexity index is 852. The van der Waals surface area contributed by atoms with Gasteiger partial charge < -0.3 is 9.47 Å². The summed E-state index contributed by atoms with van der Waals surface area (Å²) in [6, 6.07) is 3.39. The number of rotatable bonds is 1. The minimum atomic E-state index is -4.60. The van der Waals surface area contributed by atoms with Crippen molar-refractivity contribution in [1.29, 1.82) is 0 Å². The lowest BCUT2D eigenvalue weighted by molar-refractivity contribution is -0.137. The van der Waals surface area contributed by atoms with Crippen molar-refractivity contribution in [2.24, 2.45) is 0 Å². The molecule has 1 aliphatic heterocycles. The number of carbonyl (C=O) groups is 1. The van der Waals surface area contributed by atoms with Crippen molar-refractivity contribution < 1.29 is 18.0 Å². The fraction of sp³-hybridized carbons (Fsp3) is 0.444. The molecule has 2 aromatic rings. The molecule has 8 heteroatoms. The molecule has 2 heterocycles. The molecule has 3 rings (SSSR count). The summed E-state index contributed by atoms with van der Waals surface area (Å²) in [5.41, 5.74) is -0.348. The van der Waals surface area contributed by atoms with E-state index < -0.39 is 22.7 Å². The summed E-state index contributed by atoms with van der Waals surface area (Å²) in [6.45, 7) is 7.31. The van der Waals surface area contributed by atoms with E-state index in [1.165, 1.54) is 17.0 Å². The number of hydrogen-bond donors (Lipinski definition) is 0. The van der Waals surface area contributed by atoms with Gasteiger partial charge >= 0.3 is 6.18 Å². The maximum atomic E-state index is 13.0. The molecule has 0 spiro atoms. The molecule has 0 unspecified atom stereocenters. The maximum Gasteiger partial charge on any atom is 0.417 e. The van der Waals surface area contributed by atoms with E-state index in [-0.39, 0.29) is 17.5 Å². The third kappa shape index (κ3) is 3.45. The normalized spacial score (nSPS) is 15.1. The highest BCUT2D eigenvalue weighted by Crippen LogP contribution is 2.36. The Labute approximate surface area is 154 Å². The van der Waals surface area contributed by atoms with Crippen LogP contribution in [-0.2, 0) is 24.7 Å². The largest absolute Gasteiger partial charge is 0.417 e. The van der Waals surface area contributed by atoms with Gasteiger partial charge in [0.2, 0.25) is 0 Å². The second-order valence-corrected chi connectivity index (χ2v) is 7.76. The van der Waals surface area contributed by atoms with Crippen LogP contribution in [0.5, 0.6) is 0 Å². The molecule has 1 amide bonds. The van der Waals surface area contributed by atoms with Crippen molar-refractivity contribution in [3.05, 3.63) is 52.1 Å². The first-order valence-electron chi connectivity index (χ1n) is 8.20. The Morgan fingerprint density at radius 1 is 1.19 bits per heavy atom. The number of imidazole rings is 1. The topological polar surface area (TPSA) is 38.1 Å². The highest BCUT2D eigenvalue weighted by molar-refractivity contribution is 6.34. The number of fused-ring (bicyclic) bond motifs is 1. The van der Waals surface area contributed by atoms with E-state index in [0.29, 0.717) is 13.1 Å². The van der Waals surface area contributed by atoms with Gasteiger partial charge in [0, 0.05) is 24.7 Å². The molecule has 0 aliphatic carbocycles. The molecular weight excluding hydrogens is 367 g/mol. The third-order valence-electron chi connectivity index (χ3n) is 4.39. The summed E-state index contributed by atoms with van der Waals surface area (Å²) >= 11 is 5.88. The number of amides is 1. The Hall–Kier alpha value is -2.02. The molecule has 1 aliphatic rings. The average Bonchev–Trinajstić information content (AvgIpc) is 2.96. The molecule has 0 radical (unpaired) electrons. The smallest absolute Gasteiger partial charge is 0.331 e. The molecule has 26 heavy (non-hydrogen) atoms. The van der Waals surface area contributed by atoms with Crippen molar-refractivity contribution in [3.63, 3.8) is 0 Å². The number of benzene rings is 1. The van der Waals surface area contributed by atoms with Gasteiger partial charge in [-0.1, -0.05) is 38.4 Å². The fourth-order valence-corrected chi connectivity index (χ4v) is 3.19. The Morgan fingerprint density at radius 3 is 2.50 bits per heavy atom. The molecule has 0 N–H and O–H groups in total. The van der Waals surface area contributed by atoms with Crippen LogP contribution in [0.3, 0.4) is 0 Å². The Morgan fingerprint density at radius 2 is 1.88 bits per heavy atom. The number of carbonyl (C=O) groups excluding carboxylic acids is 1. The molecule has 1 aromatic carbocycles. The van der Waals surface area contributed by atoms with Crippen LogP contribution in [0.2, 0.25) is 5.02 Å². The summed E-state index contributed by atoms with van der Waals surface area (Å²) in [5.74, 6) is 0.199. The van der Waals surface area contributed by atoms with Gasteiger partial charge in [-0.2, -0.15) is 13.2 Å². The predicted molar refractivity (Wildman–Crippen MR) is 92.1 cm³/mol. The third-order valence-corrected chi connectivity index (χ3v) is 4.80. The zero-order valence-electron chi connectivity index (χ0n) is 14.7. The van der Waals surface area contributed by atoms with E-state index in [0.717, 1.165) is 17.6 Å². The van der Waals surface area contributed by atoms with Gasteiger partial charge in [0.25, 0.3) is 5.91 Å². The lowest BCUT2D eigenvalue weighted by Gasteiger charge is -2.28. The van der Waals surface area contributed by atoms with Crippen molar-refractivity contribution in [1.82, 2.24) is 14.5 Å². The summed E-state index contributed by atoms with van der Waals surface area (Å²) in [7, 11) is 0. The lowest BCUT2D eigenvalue weighted by Crippen LogP contribution is -2.38. The quantitative estimate of drug-likeness (QED) is 0.724. The Kier molecular flexibility index (Phi) is 4.55. The minimum Gasteiger partial charge on any atom is -0.331 e. The second-order valence-electron chi connectivity index (χ2n) is 7.38. The number of halogens is 4. The minimum absolute atomic E-state index is 0.122. The molecular formula is C18H19ClF3N3O. The van der Waals surface area contributed by atoms with Gasteiger partial charge in [-0.05, 0) is 12.1 Å². The highest BCUT2D eigenvalue weighted by Gasteiger charge is 2.35. The summed E-state index contributed by atoms with van der Waals surface area (Å²) < 4.78 is 41.1. The van der Waals surface area contributed by atoms with Crippen molar-refractivity contribution in [3.8, 4) is 0 Å². The number of hydrogen-bond acceptors (Lipinski definition) is 2. The molecule has 4 nitrogen and oxygen atoms in total. The summed E-state index contributed by atoms with van der Waals surface area (Å²) in [5, 5.41) is -0.561. The number of alkyl halides is 3. The molecule has 0 fully saturated rings. The van der Waals surface area contributed by atoms with Crippen LogP contribution in [0.1, 0.15) is 48.2 Å². The van der Waals surface area contributed by atoms with Gasteiger partial charge in [-0.25, -0.2) is 4.98 Å². The molecule has 140 valence electrons. The molecule has 0 saturated carbocycles. The standard InChI is InChI=1S/C18H19ClF3N3O/c1-17(2,3)13-9-24-7-8-25(10-14(24)23-13)16(26)11-5-4-6-12(15(11)19)18(20,21)22/h4-6,9H,7-8,10H2,1-3H3. The van der Waals surface area contributed by atoms with Crippen molar-refractivity contribution >= 4 is 17.5 Å². The van der Waals surface area contributed by atoms with E-state index in [9.17, 15) is 18.0 Å². The first-order chi connectivity index (χ1) is 12.0. The monoisotopic (exact) mass is 385 g/mol. The van der Waals surface area contributed by atoms with Crippen LogP contribution < -0.4 is 0 Å². The SMILES string of the molecule is CC(C)(C)c1cn2c(n1)CN(C(=O)c1cccc(C(F)(F)F)c1Cl)CC2. The van der Waals surface area contributed by atoms with Crippen LogP contribution in [0.15, 0.2) is 24.4 Å². The first-order valence-corrected chi connectivity index (χ1v) is 8.58. The molecule has 0 atom stereocenters. The van der Waals surface area contributed by atoms with Crippen LogP contribution >= 0.6 is 11.6 Å². The van der Waals surface area contributed by atoms with E-state index in [1.807, 2.05) is 31.5 Å². The number of aromatic nitrogens is 2. The molecule has 0 bridgehead atoms. The second kappa shape index (κ2) is 6.30. The van der Waals surface area contributed by atoms with E-state index in [4.69, 9.17) is 11.6 Å². The first kappa shape index (κ1) is 18.8. The van der Waals surface area contributed by atoms with Gasteiger partial charge in [0.1, 0.15) is 5.82 Å². The lowest BCUT2D eigenvalue weighted by atomic mass is 9.93.